The van der Waals surface area contributed by atoms with Crippen molar-refractivity contribution in [3.05, 3.63) is 71.6 Å². The van der Waals surface area contributed by atoms with Crippen LogP contribution in [0.5, 0.6) is 0 Å². The average Bonchev–Trinajstić information content (AvgIpc) is 2.73. The number of carbonyl (C=O) groups excluding carboxylic acids is 2. The lowest BCUT2D eigenvalue weighted by Gasteiger charge is -2.22. The molecule has 0 spiro atoms. The summed E-state index contributed by atoms with van der Waals surface area (Å²) in [5, 5.41) is 2.92. The van der Waals surface area contributed by atoms with E-state index in [4.69, 9.17) is 11.6 Å². The van der Waals surface area contributed by atoms with E-state index in [0.29, 0.717) is 16.9 Å². The van der Waals surface area contributed by atoms with Crippen LogP contribution in [-0.4, -0.2) is 34.8 Å². The summed E-state index contributed by atoms with van der Waals surface area (Å²) in [5.74, 6) is -0.724. The van der Waals surface area contributed by atoms with Crippen LogP contribution in [0.25, 0.3) is 11.3 Å². The number of rotatable bonds is 7. The van der Waals surface area contributed by atoms with Crippen molar-refractivity contribution in [3.8, 4) is 11.3 Å². The zero-order chi connectivity index (χ0) is 22.4. The van der Waals surface area contributed by atoms with Gasteiger partial charge in [-0.25, -0.2) is 8.78 Å². The van der Waals surface area contributed by atoms with E-state index in [1.165, 1.54) is 19.2 Å². The fraction of sp³-hybridized carbons (Fsp3) is 0.182. The van der Waals surface area contributed by atoms with Crippen LogP contribution >= 0.6 is 11.6 Å². The van der Waals surface area contributed by atoms with Gasteiger partial charge in [0.05, 0.1) is 41.3 Å². The molecule has 0 atom stereocenters. The fourth-order valence-corrected chi connectivity index (χ4v) is 3.23. The maximum atomic E-state index is 12.8. The van der Waals surface area contributed by atoms with Gasteiger partial charge in [-0.2, -0.15) is 0 Å². The molecule has 3 aromatic rings. The van der Waals surface area contributed by atoms with E-state index in [2.05, 4.69) is 15.3 Å². The van der Waals surface area contributed by atoms with E-state index >= 15 is 0 Å². The minimum Gasteiger partial charge on any atom is -0.324 e. The number of hydrogen-bond donors (Lipinski definition) is 1. The van der Waals surface area contributed by atoms with Gasteiger partial charge in [0.25, 0.3) is 6.43 Å². The van der Waals surface area contributed by atoms with E-state index < -0.39 is 18.9 Å². The Labute approximate surface area is 182 Å². The van der Waals surface area contributed by atoms with Gasteiger partial charge in [-0.3, -0.25) is 19.6 Å². The van der Waals surface area contributed by atoms with Gasteiger partial charge in [-0.15, -0.1) is 0 Å². The molecule has 0 unspecified atom stereocenters. The molecule has 0 aliphatic carbocycles. The van der Waals surface area contributed by atoms with Gasteiger partial charge in [0.15, 0.2) is 0 Å². The molecule has 2 amide bonds. The van der Waals surface area contributed by atoms with Crippen molar-refractivity contribution in [2.24, 2.45) is 0 Å². The molecule has 2 aromatic heterocycles. The fourth-order valence-electron chi connectivity index (χ4n) is 2.95. The number of amides is 2. The molecule has 6 nitrogen and oxygen atoms in total. The van der Waals surface area contributed by atoms with Crippen LogP contribution < -0.4 is 10.2 Å². The summed E-state index contributed by atoms with van der Waals surface area (Å²) in [4.78, 5) is 33.1. The smallest absolute Gasteiger partial charge is 0.256 e. The minimum absolute atomic E-state index is 0.156. The second-order valence-corrected chi connectivity index (χ2v) is 7.11. The summed E-state index contributed by atoms with van der Waals surface area (Å²) >= 11 is 6.25. The molecular formula is C22H19ClF2N4O2. The molecule has 1 N–H and O–H groups in total. The Bertz CT molecular complexity index is 1060. The zero-order valence-electron chi connectivity index (χ0n) is 16.6. The summed E-state index contributed by atoms with van der Waals surface area (Å²) in [6.07, 6.45) is 2.29. The van der Waals surface area contributed by atoms with Gasteiger partial charge in [0.2, 0.25) is 11.8 Å². The molecule has 0 aliphatic rings. The lowest BCUT2D eigenvalue weighted by Crippen LogP contribution is -2.33. The van der Waals surface area contributed by atoms with Crippen LogP contribution in [0.1, 0.15) is 12.5 Å². The average molecular weight is 445 g/mol. The third-order valence-electron chi connectivity index (χ3n) is 4.37. The number of pyridine rings is 2. The van der Waals surface area contributed by atoms with Crippen molar-refractivity contribution >= 4 is 34.8 Å². The third-order valence-corrected chi connectivity index (χ3v) is 4.67. The van der Waals surface area contributed by atoms with E-state index in [1.807, 2.05) is 6.07 Å². The molecule has 0 bridgehead atoms. The Kier molecular flexibility index (Phi) is 7.25. The van der Waals surface area contributed by atoms with E-state index in [1.54, 1.807) is 42.7 Å². The van der Waals surface area contributed by atoms with E-state index in [9.17, 15) is 18.4 Å². The quantitative estimate of drug-likeness (QED) is 0.578. The maximum Gasteiger partial charge on any atom is 0.256 e. The topological polar surface area (TPSA) is 75.2 Å². The molecule has 0 saturated heterocycles. The van der Waals surface area contributed by atoms with Crippen LogP contribution in [0.15, 0.2) is 61.1 Å². The number of nitrogens with one attached hydrogen (secondary N) is 1. The van der Waals surface area contributed by atoms with Crippen molar-refractivity contribution in [3.63, 3.8) is 0 Å². The standard InChI is InChI=1S/C22H19ClF2N4O2/c1-14(30)29(13-21(24)25)20-7-4-16(10-18(20)23)19-6-5-17(12-27-19)28-22(31)9-15-3-2-8-26-11-15/h2-8,10-12,21H,9,13H2,1H3,(H,28,31). The van der Waals surface area contributed by atoms with Gasteiger partial charge < -0.3 is 10.2 Å². The predicted molar refractivity (Wildman–Crippen MR) is 115 cm³/mol. The van der Waals surface area contributed by atoms with Gasteiger partial charge in [0, 0.05) is 24.9 Å². The molecule has 31 heavy (non-hydrogen) atoms. The Morgan fingerprint density at radius 3 is 2.55 bits per heavy atom. The molecule has 0 radical (unpaired) electrons. The Morgan fingerprint density at radius 1 is 1.16 bits per heavy atom. The van der Waals surface area contributed by atoms with Crippen LogP contribution in [0.3, 0.4) is 0 Å². The molecule has 3 rings (SSSR count). The van der Waals surface area contributed by atoms with Crippen LogP contribution in [-0.2, 0) is 16.0 Å². The summed E-state index contributed by atoms with van der Waals surface area (Å²) < 4.78 is 25.6. The molecular weight excluding hydrogens is 426 g/mol. The monoisotopic (exact) mass is 444 g/mol. The highest BCUT2D eigenvalue weighted by atomic mass is 35.5. The summed E-state index contributed by atoms with van der Waals surface area (Å²) in [6.45, 7) is 0.468. The Hall–Kier alpha value is -3.39. The lowest BCUT2D eigenvalue weighted by atomic mass is 10.1. The van der Waals surface area contributed by atoms with Gasteiger partial charge in [0.1, 0.15) is 0 Å². The summed E-state index contributed by atoms with van der Waals surface area (Å²) in [6, 6.07) is 11.7. The van der Waals surface area contributed by atoms with Crippen molar-refractivity contribution in [1.29, 1.82) is 0 Å². The summed E-state index contributed by atoms with van der Waals surface area (Å²) in [5.41, 5.74) is 2.74. The number of alkyl halides is 2. The number of aromatic nitrogens is 2. The highest BCUT2D eigenvalue weighted by Crippen LogP contribution is 2.31. The first kappa shape index (κ1) is 22.3. The summed E-state index contributed by atoms with van der Waals surface area (Å²) in [7, 11) is 0. The lowest BCUT2D eigenvalue weighted by molar-refractivity contribution is -0.117. The molecule has 1 aromatic carbocycles. The second kappa shape index (κ2) is 10.1. The van der Waals surface area contributed by atoms with Crippen molar-refractivity contribution in [1.82, 2.24) is 9.97 Å². The SMILES string of the molecule is CC(=O)N(CC(F)F)c1ccc(-c2ccc(NC(=O)Cc3cccnc3)cn2)cc1Cl. The number of hydrogen-bond acceptors (Lipinski definition) is 4. The number of anilines is 2. The second-order valence-electron chi connectivity index (χ2n) is 6.71. The molecule has 9 heteroatoms. The van der Waals surface area contributed by atoms with E-state index in [0.717, 1.165) is 10.5 Å². The molecule has 0 aliphatic heterocycles. The van der Waals surface area contributed by atoms with Crippen molar-refractivity contribution in [2.45, 2.75) is 19.8 Å². The van der Waals surface area contributed by atoms with Crippen molar-refractivity contribution in [2.75, 3.05) is 16.8 Å². The highest BCUT2D eigenvalue weighted by Gasteiger charge is 2.19. The van der Waals surface area contributed by atoms with Crippen LogP contribution in [0, 0.1) is 0 Å². The first-order valence-corrected chi connectivity index (χ1v) is 9.72. The molecule has 0 fully saturated rings. The molecule has 160 valence electrons. The van der Waals surface area contributed by atoms with Crippen LogP contribution in [0.2, 0.25) is 5.02 Å². The number of halogens is 3. The largest absolute Gasteiger partial charge is 0.324 e. The van der Waals surface area contributed by atoms with Gasteiger partial charge >= 0.3 is 0 Å². The van der Waals surface area contributed by atoms with E-state index in [-0.39, 0.29) is 23.0 Å². The van der Waals surface area contributed by atoms with Crippen LogP contribution in [0.4, 0.5) is 20.2 Å². The van der Waals surface area contributed by atoms with Gasteiger partial charge in [-0.1, -0.05) is 23.7 Å². The number of carbonyl (C=O) groups is 2. The predicted octanol–water partition coefficient (Wildman–Crippen LogP) is 4.60. The highest BCUT2D eigenvalue weighted by molar-refractivity contribution is 6.34. The van der Waals surface area contributed by atoms with Gasteiger partial charge in [-0.05, 0) is 35.9 Å². The first-order chi connectivity index (χ1) is 14.8. The maximum absolute atomic E-state index is 12.8. The number of nitrogens with zero attached hydrogens (tertiary/aromatic N) is 3. The Morgan fingerprint density at radius 2 is 1.97 bits per heavy atom. The third kappa shape index (κ3) is 6.05. The Balaban J connectivity index is 1.71. The first-order valence-electron chi connectivity index (χ1n) is 9.34. The molecule has 2 heterocycles. The zero-order valence-corrected chi connectivity index (χ0v) is 17.3. The normalized spacial score (nSPS) is 10.7. The number of benzene rings is 1. The van der Waals surface area contributed by atoms with Crippen molar-refractivity contribution < 1.29 is 18.4 Å². The minimum atomic E-state index is -2.68. The molecule has 0 saturated carbocycles.